The largest absolute Gasteiger partial charge is 0.457 e. The Balaban J connectivity index is 1.58. The molecule has 0 aliphatic carbocycles. The maximum atomic E-state index is 9.29. The Labute approximate surface area is 259 Å². The van der Waals surface area contributed by atoms with E-state index >= 15 is 0 Å². The molecule has 0 amide bonds. The first-order chi connectivity index (χ1) is 25.3. The second-order valence-electron chi connectivity index (χ2n) is 10.8. The number of nitrogens with zero attached hydrogens (tertiary/aromatic N) is 1. The number of hydrogen-bond acceptors (Lipinski definition) is 3. The van der Waals surface area contributed by atoms with Crippen molar-refractivity contribution in [3.8, 4) is 22.6 Å². The summed E-state index contributed by atoms with van der Waals surface area (Å²) < 4.78 is 130. The van der Waals surface area contributed by atoms with Crippen molar-refractivity contribution in [2.75, 3.05) is 4.90 Å². The van der Waals surface area contributed by atoms with Crippen molar-refractivity contribution < 1.29 is 23.9 Å². The predicted molar refractivity (Wildman–Crippen MR) is 172 cm³/mol. The summed E-state index contributed by atoms with van der Waals surface area (Å²) in [5, 5.41) is 0.748. The van der Waals surface area contributed by atoms with Crippen LogP contribution in [-0.2, 0) is 5.41 Å². The maximum absolute atomic E-state index is 9.29. The van der Waals surface area contributed by atoms with Gasteiger partial charge in [-0.3, -0.25) is 0 Å². The number of ether oxygens (including phenoxy) is 1. The van der Waals surface area contributed by atoms with Gasteiger partial charge in [0.15, 0.2) is 0 Å². The van der Waals surface area contributed by atoms with Gasteiger partial charge in [-0.05, 0) is 75.4 Å². The van der Waals surface area contributed by atoms with Crippen LogP contribution in [0.15, 0.2) is 115 Å². The summed E-state index contributed by atoms with van der Waals surface area (Å²) >= 11 is 1.38. The van der Waals surface area contributed by atoms with E-state index in [-0.39, 0.29) is 45.2 Å². The molecule has 40 heavy (non-hydrogen) atoms. The summed E-state index contributed by atoms with van der Waals surface area (Å²) in [7, 11) is 0. The SMILES string of the molecule is [2H]c1c([2H])c([2H])c(-c2cc3c4c(c2)N(c2c([2H])c([2H])c([2H])c([2H])c2[2H])c2c([2H])c([2H])c([2H])c([2H])c2B4c2sc4ccc(C(C)(C)C)cc4c2O3)c([2H])c1[2H]. The highest BCUT2D eigenvalue weighted by Gasteiger charge is 2.43. The van der Waals surface area contributed by atoms with E-state index in [4.69, 9.17) is 21.2 Å². The average Bonchev–Trinajstić information content (AvgIpc) is 3.50. The summed E-state index contributed by atoms with van der Waals surface area (Å²) in [5.41, 5.74) is 0.667. The van der Waals surface area contributed by atoms with Crippen molar-refractivity contribution in [2.24, 2.45) is 0 Å². The van der Waals surface area contributed by atoms with E-state index in [1.807, 2.05) is 18.2 Å². The first kappa shape index (κ1) is 13.4. The molecule has 2 nitrogen and oxygen atoms in total. The zero-order valence-corrected chi connectivity index (χ0v) is 22.5. The molecular weight excluding hydrogens is 505 g/mol. The zero-order chi connectivity index (χ0) is 39.2. The fourth-order valence-corrected chi connectivity index (χ4v) is 6.72. The highest BCUT2D eigenvalue weighted by atomic mass is 32.1. The van der Waals surface area contributed by atoms with Gasteiger partial charge >= 0.3 is 0 Å². The van der Waals surface area contributed by atoms with E-state index in [9.17, 15) is 2.74 Å². The Hall–Kier alpha value is -4.28. The molecule has 2 aliphatic rings. The van der Waals surface area contributed by atoms with Gasteiger partial charge in [0, 0.05) is 31.9 Å². The molecule has 3 heterocycles. The molecule has 2 aliphatic heterocycles. The molecule has 0 bridgehead atoms. The van der Waals surface area contributed by atoms with Gasteiger partial charge in [0.25, 0.3) is 6.71 Å². The average molecular weight is 548 g/mol. The third-order valence-electron chi connectivity index (χ3n) is 7.36. The van der Waals surface area contributed by atoms with E-state index in [0.29, 0.717) is 16.0 Å². The smallest absolute Gasteiger partial charge is 0.268 e. The number of hydrogen-bond donors (Lipinski definition) is 0. The molecule has 0 saturated carbocycles. The van der Waals surface area contributed by atoms with Crippen molar-refractivity contribution in [1.82, 2.24) is 0 Å². The van der Waals surface area contributed by atoms with Gasteiger partial charge in [-0.2, -0.15) is 0 Å². The Morgan fingerprint density at radius 1 is 0.775 bits per heavy atom. The minimum absolute atomic E-state index is 0.0829. The lowest BCUT2D eigenvalue weighted by Crippen LogP contribution is -2.58. The van der Waals surface area contributed by atoms with Gasteiger partial charge in [-0.15, -0.1) is 11.3 Å². The van der Waals surface area contributed by atoms with E-state index < -0.39 is 91.0 Å². The van der Waals surface area contributed by atoms with Crippen molar-refractivity contribution in [2.45, 2.75) is 26.2 Å². The summed E-state index contributed by atoms with van der Waals surface area (Å²) in [4.78, 5) is 1.21. The Morgan fingerprint density at radius 2 is 1.50 bits per heavy atom. The molecule has 6 aromatic rings. The third-order valence-corrected chi connectivity index (χ3v) is 8.58. The van der Waals surface area contributed by atoms with Crippen LogP contribution in [0.3, 0.4) is 0 Å². The number of anilines is 3. The molecule has 0 spiro atoms. The number of benzene rings is 5. The second kappa shape index (κ2) is 8.61. The molecule has 192 valence electrons. The van der Waals surface area contributed by atoms with Crippen LogP contribution in [0, 0.1) is 0 Å². The van der Waals surface area contributed by atoms with E-state index in [1.54, 1.807) is 0 Å². The number of para-hydroxylation sites is 2. The molecule has 0 radical (unpaired) electrons. The van der Waals surface area contributed by atoms with Crippen LogP contribution in [-0.4, -0.2) is 6.71 Å². The molecule has 4 heteroatoms. The molecule has 0 fully saturated rings. The molecule has 8 rings (SSSR count). The monoisotopic (exact) mass is 547 g/mol. The van der Waals surface area contributed by atoms with E-state index in [1.165, 1.54) is 28.4 Å². The summed E-state index contributed by atoms with van der Waals surface area (Å²) in [6.07, 6.45) is 0. The summed E-state index contributed by atoms with van der Waals surface area (Å²) in [6, 6.07) is 0.838. The van der Waals surface area contributed by atoms with Gasteiger partial charge in [0.05, 0.1) is 19.2 Å². The fraction of sp³-hybridized carbons (Fsp3) is 0.111. The summed E-state index contributed by atoms with van der Waals surface area (Å²) in [5.74, 6) is 0.570. The van der Waals surface area contributed by atoms with Crippen molar-refractivity contribution in [3.05, 3.63) is 120 Å². The van der Waals surface area contributed by atoms with E-state index in [0.717, 1.165) is 15.6 Å². The second-order valence-corrected chi connectivity index (χ2v) is 11.9. The zero-order valence-electron chi connectivity index (χ0n) is 35.7. The number of fused-ring (bicyclic) bond motifs is 6. The lowest BCUT2D eigenvalue weighted by Gasteiger charge is -2.39. The highest BCUT2D eigenvalue weighted by Crippen LogP contribution is 2.46. The molecule has 5 aromatic carbocycles. The standard InChI is InChI=1S/C36H28BNOS/c1-36(2,3)25-18-19-32-27(22-25)34-35(40-32)37-28-16-10-11-17-29(28)38(26-14-8-5-9-15-26)30-20-24(21-31(39-34)33(30)37)23-12-6-4-7-13-23/h4-22H,1-3H3/i4D,5D,6D,7D,8D,9D,10D,11D,12D,13D,14D,15D,16D,17D. The number of rotatable bonds is 2. The molecule has 0 N–H and O–H groups in total. The van der Waals surface area contributed by atoms with Crippen LogP contribution < -0.4 is 25.3 Å². The van der Waals surface area contributed by atoms with Gasteiger partial charge in [0.1, 0.15) is 11.5 Å². The number of thiophene rings is 1. The first-order valence-corrected chi connectivity index (χ1v) is 13.6. The van der Waals surface area contributed by atoms with Crippen LogP contribution in [0.25, 0.3) is 21.2 Å². The van der Waals surface area contributed by atoms with E-state index in [2.05, 4.69) is 20.8 Å². The van der Waals surface area contributed by atoms with Gasteiger partial charge in [0.2, 0.25) is 0 Å². The van der Waals surface area contributed by atoms with Crippen LogP contribution in [0.2, 0.25) is 0 Å². The Morgan fingerprint density at radius 3 is 2.27 bits per heavy atom. The topological polar surface area (TPSA) is 12.5 Å². The predicted octanol–water partition coefficient (Wildman–Crippen LogP) is 8.27. The van der Waals surface area contributed by atoms with Crippen LogP contribution in [0.5, 0.6) is 11.5 Å². The lowest BCUT2D eigenvalue weighted by atomic mass is 9.37. The first-order valence-electron chi connectivity index (χ1n) is 19.7. The molecule has 1 aromatic heterocycles. The molecule has 0 atom stereocenters. The van der Waals surface area contributed by atoms with Crippen LogP contribution in [0.1, 0.15) is 45.5 Å². The minimum atomic E-state index is -0.902. The molecule has 0 unspecified atom stereocenters. The highest BCUT2D eigenvalue weighted by molar-refractivity contribution is 7.33. The maximum Gasteiger partial charge on any atom is 0.268 e. The minimum Gasteiger partial charge on any atom is -0.457 e. The van der Waals surface area contributed by atoms with Gasteiger partial charge < -0.3 is 9.64 Å². The third kappa shape index (κ3) is 3.49. The van der Waals surface area contributed by atoms with Gasteiger partial charge in [-0.1, -0.05) is 93.3 Å². The van der Waals surface area contributed by atoms with Crippen molar-refractivity contribution >= 4 is 60.9 Å². The van der Waals surface area contributed by atoms with Crippen molar-refractivity contribution in [1.29, 1.82) is 0 Å². The quantitative estimate of drug-likeness (QED) is 0.202. The van der Waals surface area contributed by atoms with Crippen LogP contribution in [0.4, 0.5) is 17.1 Å². The normalized spacial score (nSPS) is 18.4. The molecule has 0 saturated heterocycles. The molecular formula is C36H28BNOS. The fourth-order valence-electron chi connectivity index (χ4n) is 5.49. The van der Waals surface area contributed by atoms with Crippen LogP contribution >= 0.6 is 11.3 Å². The van der Waals surface area contributed by atoms with Gasteiger partial charge in [-0.25, -0.2) is 0 Å². The lowest BCUT2D eigenvalue weighted by molar-refractivity contribution is 0.494. The van der Waals surface area contributed by atoms with Crippen molar-refractivity contribution in [3.63, 3.8) is 0 Å². The Kier molecular flexibility index (Phi) is 2.88. The Bertz CT molecular complexity index is 2650. The summed E-state index contributed by atoms with van der Waals surface area (Å²) in [6.45, 7) is 5.32.